The Morgan fingerprint density at radius 3 is 2.35 bits per heavy atom. The van der Waals surface area contributed by atoms with E-state index in [1.165, 1.54) is 6.92 Å². The molecule has 108 valence electrons. The number of amides is 3. The third-order valence-corrected chi connectivity index (χ3v) is 2.06. The summed E-state index contributed by atoms with van der Waals surface area (Å²) >= 11 is 0. The van der Waals surface area contributed by atoms with Crippen molar-refractivity contribution < 1.29 is 23.9 Å². The van der Waals surface area contributed by atoms with Gasteiger partial charge < -0.3 is 14.8 Å². The molecule has 0 saturated carbocycles. The number of carbonyl (C=O) groups excluding carboxylic acids is 3. The molecule has 0 bridgehead atoms. The largest absolute Gasteiger partial charge is 0.484 e. The van der Waals surface area contributed by atoms with Gasteiger partial charge in [-0.15, -0.1) is 0 Å². The van der Waals surface area contributed by atoms with Crippen molar-refractivity contribution in [3.05, 3.63) is 24.3 Å². The van der Waals surface area contributed by atoms with Crippen LogP contribution in [0.4, 0.5) is 10.5 Å². The van der Waals surface area contributed by atoms with Gasteiger partial charge in [0.15, 0.2) is 6.61 Å². The van der Waals surface area contributed by atoms with E-state index < -0.39 is 12.0 Å². The van der Waals surface area contributed by atoms with Crippen LogP contribution < -0.4 is 15.4 Å². The van der Waals surface area contributed by atoms with E-state index in [4.69, 9.17) is 4.74 Å². The zero-order valence-electron chi connectivity index (χ0n) is 11.3. The minimum absolute atomic E-state index is 0.174. The number of benzene rings is 1. The maximum absolute atomic E-state index is 11.3. The molecule has 0 atom stereocenters. The molecule has 20 heavy (non-hydrogen) atoms. The topological polar surface area (TPSA) is 93.7 Å². The number of imide groups is 1. The molecule has 1 aromatic carbocycles. The molecule has 3 amide bonds. The number of hydrogen-bond acceptors (Lipinski definition) is 5. The molecular formula is C13H16N2O5. The first kappa shape index (κ1) is 15.5. The number of hydrogen-bond donors (Lipinski definition) is 2. The van der Waals surface area contributed by atoms with Gasteiger partial charge in [0.1, 0.15) is 5.75 Å². The molecule has 1 rings (SSSR count). The quantitative estimate of drug-likeness (QED) is 0.847. The van der Waals surface area contributed by atoms with Crippen molar-refractivity contribution in [1.29, 1.82) is 0 Å². The van der Waals surface area contributed by atoms with Crippen molar-refractivity contribution in [2.45, 2.75) is 13.8 Å². The Labute approximate surface area is 116 Å². The summed E-state index contributed by atoms with van der Waals surface area (Å²) < 4.78 is 9.72. The lowest BCUT2D eigenvalue weighted by Gasteiger charge is -2.07. The van der Waals surface area contributed by atoms with E-state index in [0.717, 1.165) is 0 Å². The fraction of sp³-hybridized carbons (Fsp3) is 0.308. The fourth-order valence-electron chi connectivity index (χ4n) is 1.30. The zero-order valence-corrected chi connectivity index (χ0v) is 11.3. The molecule has 0 aromatic heterocycles. The number of alkyl carbamates (subject to hydrolysis) is 1. The van der Waals surface area contributed by atoms with Gasteiger partial charge in [-0.25, -0.2) is 4.79 Å². The highest BCUT2D eigenvalue weighted by Crippen LogP contribution is 2.15. The highest BCUT2D eigenvalue weighted by atomic mass is 16.5. The van der Waals surface area contributed by atoms with Gasteiger partial charge >= 0.3 is 6.09 Å². The Balaban J connectivity index is 2.39. The van der Waals surface area contributed by atoms with E-state index in [9.17, 15) is 14.4 Å². The van der Waals surface area contributed by atoms with Gasteiger partial charge in [-0.1, -0.05) is 0 Å². The van der Waals surface area contributed by atoms with Crippen LogP contribution in [0.1, 0.15) is 13.8 Å². The Morgan fingerprint density at radius 2 is 1.80 bits per heavy atom. The lowest BCUT2D eigenvalue weighted by Crippen LogP contribution is -2.34. The first-order valence-corrected chi connectivity index (χ1v) is 5.98. The van der Waals surface area contributed by atoms with Crippen LogP contribution in [0.25, 0.3) is 0 Å². The summed E-state index contributed by atoms with van der Waals surface area (Å²) in [6.45, 7) is 2.92. The normalized spacial score (nSPS) is 9.50. The van der Waals surface area contributed by atoms with Crippen LogP contribution in [0.3, 0.4) is 0 Å². The molecule has 1 aromatic rings. The van der Waals surface area contributed by atoms with Gasteiger partial charge in [0.05, 0.1) is 6.61 Å². The summed E-state index contributed by atoms with van der Waals surface area (Å²) in [6, 6.07) is 6.48. The molecule has 0 spiro atoms. The van der Waals surface area contributed by atoms with E-state index in [-0.39, 0.29) is 19.1 Å². The lowest BCUT2D eigenvalue weighted by atomic mass is 10.3. The molecular weight excluding hydrogens is 264 g/mol. The van der Waals surface area contributed by atoms with Gasteiger partial charge in [0, 0.05) is 12.6 Å². The second-order valence-corrected chi connectivity index (χ2v) is 3.76. The Kier molecular flexibility index (Phi) is 6.02. The molecule has 0 saturated heterocycles. The minimum Gasteiger partial charge on any atom is -0.484 e. The summed E-state index contributed by atoms with van der Waals surface area (Å²) in [4.78, 5) is 33.1. The van der Waals surface area contributed by atoms with Crippen LogP contribution in [0.15, 0.2) is 24.3 Å². The summed E-state index contributed by atoms with van der Waals surface area (Å²) in [6.07, 6.45) is -0.804. The predicted molar refractivity (Wildman–Crippen MR) is 71.4 cm³/mol. The van der Waals surface area contributed by atoms with Gasteiger partial charge in [-0.2, -0.15) is 0 Å². The molecule has 7 heteroatoms. The standard InChI is InChI=1S/C13H16N2O5/c1-3-19-13(18)15-12(17)8-20-11-6-4-10(5-7-11)14-9(2)16/h4-7H,3,8H2,1-2H3,(H,14,16)(H,15,17,18). The Morgan fingerprint density at radius 1 is 1.15 bits per heavy atom. The summed E-state index contributed by atoms with van der Waals surface area (Å²) in [5.41, 5.74) is 0.626. The first-order valence-electron chi connectivity index (χ1n) is 5.98. The van der Waals surface area contributed by atoms with Crippen LogP contribution in [0.2, 0.25) is 0 Å². The molecule has 0 aliphatic carbocycles. The van der Waals surface area contributed by atoms with Crippen LogP contribution in [-0.4, -0.2) is 31.1 Å². The molecule has 0 radical (unpaired) electrons. The highest BCUT2D eigenvalue weighted by Gasteiger charge is 2.08. The van der Waals surface area contributed by atoms with Crippen LogP contribution in [0, 0.1) is 0 Å². The van der Waals surface area contributed by atoms with Gasteiger partial charge in [-0.05, 0) is 31.2 Å². The number of nitrogens with one attached hydrogen (secondary N) is 2. The molecule has 0 fully saturated rings. The monoisotopic (exact) mass is 280 g/mol. The number of rotatable bonds is 5. The SMILES string of the molecule is CCOC(=O)NC(=O)COc1ccc(NC(C)=O)cc1. The van der Waals surface area contributed by atoms with E-state index >= 15 is 0 Å². The van der Waals surface area contributed by atoms with Crippen LogP contribution in [0.5, 0.6) is 5.75 Å². The second kappa shape index (κ2) is 7.78. The fourth-order valence-corrected chi connectivity index (χ4v) is 1.30. The highest BCUT2D eigenvalue weighted by molar-refractivity contribution is 5.92. The summed E-state index contributed by atoms with van der Waals surface area (Å²) in [5.74, 6) is -0.333. The smallest absolute Gasteiger partial charge is 0.413 e. The van der Waals surface area contributed by atoms with Gasteiger partial charge in [0.25, 0.3) is 5.91 Å². The molecule has 0 aliphatic heterocycles. The van der Waals surface area contributed by atoms with Crippen molar-refractivity contribution in [1.82, 2.24) is 5.32 Å². The molecule has 7 nitrogen and oxygen atoms in total. The summed E-state index contributed by atoms with van der Waals surface area (Å²) in [5, 5.41) is 4.61. The Hall–Kier alpha value is -2.57. The average molecular weight is 280 g/mol. The zero-order chi connectivity index (χ0) is 15.0. The maximum atomic E-state index is 11.3. The van der Waals surface area contributed by atoms with Crippen molar-refractivity contribution in [2.24, 2.45) is 0 Å². The predicted octanol–water partition coefficient (Wildman–Crippen LogP) is 1.30. The van der Waals surface area contributed by atoms with Crippen molar-refractivity contribution in [3.63, 3.8) is 0 Å². The van der Waals surface area contributed by atoms with Crippen LogP contribution in [-0.2, 0) is 14.3 Å². The first-order chi connectivity index (χ1) is 9.51. The van der Waals surface area contributed by atoms with Crippen molar-refractivity contribution >= 4 is 23.6 Å². The van der Waals surface area contributed by atoms with E-state index in [0.29, 0.717) is 11.4 Å². The number of carbonyl (C=O) groups is 3. The molecule has 0 heterocycles. The average Bonchev–Trinajstić information content (AvgIpc) is 2.37. The maximum Gasteiger partial charge on any atom is 0.413 e. The van der Waals surface area contributed by atoms with Gasteiger partial charge in [-0.3, -0.25) is 14.9 Å². The second-order valence-electron chi connectivity index (χ2n) is 3.76. The van der Waals surface area contributed by atoms with Gasteiger partial charge in [0.2, 0.25) is 5.91 Å². The van der Waals surface area contributed by atoms with Crippen molar-refractivity contribution in [3.8, 4) is 5.75 Å². The van der Waals surface area contributed by atoms with Crippen LogP contribution >= 0.6 is 0 Å². The lowest BCUT2D eigenvalue weighted by molar-refractivity contribution is -0.122. The van der Waals surface area contributed by atoms with E-state index in [2.05, 4.69) is 10.1 Å². The van der Waals surface area contributed by atoms with E-state index in [1.54, 1.807) is 31.2 Å². The van der Waals surface area contributed by atoms with E-state index in [1.807, 2.05) is 5.32 Å². The molecule has 0 aliphatic rings. The molecule has 0 unspecified atom stereocenters. The number of ether oxygens (including phenoxy) is 2. The minimum atomic E-state index is -0.804. The third-order valence-electron chi connectivity index (χ3n) is 2.06. The third kappa shape index (κ3) is 5.85. The van der Waals surface area contributed by atoms with Crippen molar-refractivity contribution in [2.75, 3.05) is 18.5 Å². The molecule has 2 N–H and O–H groups in total. The Bertz CT molecular complexity index is 484. The summed E-state index contributed by atoms with van der Waals surface area (Å²) in [7, 11) is 0. The number of anilines is 1.